The Kier molecular flexibility index (Phi) is 5.12. The van der Waals surface area contributed by atoms with Crippen molar-refractivity contribution in [3.63, 3.8) is 0 Å². The van der Waals surface area contributed by atoms with Gasteiger partial charge in [-0.25, -0.2) is 0 Å². The van der Waals surface area contributed by atoms with E-state index in [1.165, 1.54) is 29.6 Å². The van der Waals surface area contributed by atoms with Crippen LogP contribution in [0, 0.1) is 10.1 Å². The molecule has 2 aromatic carbocycles. The summed E-state index contributed by atoms with van der Waals surface area (Å²) in [6.45, 7) is 3.36. The van der Waals surface area contributed by atoms with Gasteiger partial charge in [-0.3, -0.25) is 14.9 Å². The van der Waals surface area contributed by atoms with Crippen molar-refractivity contribution in [1.82, 2.24) is 4.90 Å². The van der Waals surface area contributed by atoms with Gasteiger partial charge in [0.25, 0.3) is 11.6 Å². The Morgan fingerprint density at radius 1 is 0.964 bits per heavy atom. The molecule has 0 atom stereocenters. The number of aliphatic imine (C=N–C) groups is 1. The summed E-state index contributed by atoms with van der Waals surface area (Å²) in [6.07, 6.45) is 1.73. The van der Waals surface area contributed by atoms with Crippen LogP contribution in [-0.2, 0) is 4.79 Å². The van der Waals surface area contributed by atoms with Crippen molar-refractivity contribution in [2.45, 2.75) is 0 Å². The number of non-ortho nitro benzene ring substituents is 1. The third kappa shape index (κ3) is 3.91. The predicted octanol–water partition coefficient (Wildman–Crippen LogP) is 3.39. The minimum absolute atomic E-state index is 0.0285. The molecule has 2 aliphatic rings. The Labute approximate surface area is 166 Å². The minimum atomic E-state index is -0.442. The van der Waals surface area contributed by atoms with Gasteiger partial charge in [-0.15, -0.1) is 0 Å². The van der Waals surface area contributed by atoms with E-state index in [1.54, 1.807) is 18.2 Å². The summed E-state index contributed by atoms with van der Waals surface area (Å²) >= 11 is 1.36. The molecule has 28 heavy (non-hydrogen) atoms. The monoisotopic (exact) mass is 394 g/mol. The molecule has 1 fully saturated rings. The summed E-state index contributed by atoms with van der Waals surface area (Å²) in [7, 11) is 0. The highest BCUT2D eigenvalue weighted by molar-refractivity contribution is 8.18. The second kappa shape index (κ2) is 7.85. The lowest BCUT2D eigenvalue weighted by atomic mass is 10.2. The van der Waals surface area contributed by atoms with E-state index >= 15 is 0 Å². The number of amides is 1. The first-order chi connectivity index (χ1) is 13.6. The number of piperazine rings is 1. The SMILES string of the molecule is O=C1N=C(N2CCN(c3ccccc3)CC2)SC1=Cc1ccc([N+](=O)[O-])cc1. The summed E-state index contributed by atoms with van der Waals surface area (Å²) in [5, 5.41) is 11.5. The van der Waals surface area contributed by atoms with Crippen LogP contribution in [0.5, 0.6) is 0 Å². The number of nitro benzene ring substituents is 1. The molecule has 2 heterocycles. The number of rotatable bonds is 3. The number of nitro groups is 1. The number of thioether (sulfide) groups is 1. The minimum Gasteiger partial charge on any atom is -0.368 e. The topological polar surface area (TPSA) is 79.0 Å². The molecule has 2 aromatic rings. The molecular weight excluding hydrogens is 376 g/mol. The van der Waals surface area contributed by atoms with E-state index in [9.17, 15) is 14.9 Å². The first-order valence-corrected chi connectivity index (χ1v) is 9.74. The lowest BCUT2D eigenvalue weighted by molar-refractivity contribution is -0.384. The Balaban J connectivity index is 1.39. The Morgan fingerprint density at radius 3 is 2.25 bits per heavy atom. The van der Waals surface area contributed by atoms with Gasteiger partial charge >= 0.3 is 0 Å². The highest BCUT2D eigenvalue weighted by atomic mass is 32.2. The largest absolute Gasteiger partial charge is 0.368 e. The van der Waals surface area contributed by atoms with Crippen LogP contribution in [0.1, 0.15) is 5.56 Å². The summed E-state index contributed by atoms with van der Waals surface area (Å²) in [5.74, 6) is -0.260. The molecule has 1 amide bonds. The molecule has 0 radical (unpaired) electrons. The van der Waals surface area contributed by atoms with Gasteiger partial charge in [-0.1, -0.05) is 18.2 Å². The number of hydrogen-bond acceptors (Lipinski definition) is 6. The zero-order valence-corrected chi connectivity index (χ0v) is 15.8. The summed E-state index contributed by atoms with van der Waals surface area (Å²) in [6, 6.07) is 16.4. The highest BCUT2D eigenvalue weighted by Gasteiger charge is 2.28. The average Bonchev–Trinajstić information content (AvgIpc) is 3.09. The Bertz CT molecular complexity index is 949. The van der Waals surface area contributed by atoms with Crippen LogP contribution >= 0.6 is 11.8 Å². The first kappa shape index (κ1) is 18.2. The number of anilines is 1. The highest BCUT2D eigenvalue weighted by Crippen LogP contribution is 2.31. The van der Waals surface area contributed by atoms with Crippen molar-refractivity contribution >= 4 is 40.3 Å². The van der Waals surface area contributed by atoms with E-state index in [1.807, 2.05) is 18.2 Å². The maximum absolute atomic E-state index is 12.3. The molecule has 142 valence electrons. The fourth-order valence-electron chi connectivity index (χ4n) is 3.17. The molecule has 0 aliphatic carbocycles. The van der Waals surface area contributed by atoms with E-state index in [2.05, 4.69) is 26.9 Å². The molecule has 4 rings (SSSR count). The van der Waals surface area contributed by atoms with Gasteiger partial charge < -0.3 is 9.80 Å². The number of para-hydroxylation sites is 1. The summed E-state index contributed by atoms with van der Waals surface area (Å²) < 4.78 is 0. The molecule has 0 unspecified atom stereocenters. The molecule has 0 saturated carbocycles. The molecule has 0 aromatic heterocycles. The lowest BCUT2D eigenvalue weighted by Crippen LogP contribution is -2.47. The molecule has 2 aliphatic heterocycles. The normalized spacial score (nSPS) is 18.5. The van der Waals surface area contributed by atoms with Gasteiger partial charge in [-0.05, 0) is 47.7 Å². The number of benzene rings is 2. The molecule has 0 bridgehead atoms. The van der Waals surface area contributed by atoms with Crippen molar-refractivity contribution in [1.29, 1.82) is 0 Å². The van der Waals surface area contributed by atoms with Crippen LogP contribution in [0.25, 0.3) is 6.08 Å². The molecule has 0 N–H and O–H groups in total. The van der Waals surface area contributed by atoms with Gasteiger partial charge in [0, 0.05) is 44.0 Å². The van der Waals surface area contributed by atoms with Gasteiger partial charge in [0.1, 0.15) is 0 Å². The van der Waals surface area contributed by atoms with Crippen molar-refractivity contribution in [3.8, 4) is 0 Å². The van der Waals surface area contributed by atoms with Crippen molar-refractivity contribution in [2.24, 2.45) is 4.99 Å². The first-order valence-electron chi connectivity index (χ1n) is 8.92. The molecular formula is C20H18N4O3S. The van der Waals surface area contributed by atoms with Crippen LogP contribution in [0.3, 0.4) is 0 Å². The number of nitrogens with zero attached hydrogens (tertiary/aromatic N) is 4. The third-order valence-corrected chi connectivity index (χ3v) is 5.73. The number of hydrogen-bond donors (Lipinski definition) is 0. The van der Waals surface area contributed by atoms with Crippen LogP contribution in [-0.4, -0.2) is 47.1 Å². The fraction of sp³-hybridized carbons (Fsp3) is 0.200. The molecule has 7 nitrogen and oxygen atoms in total. The van der Waals surface area contributed by atoms with E-state index in [4.69, 9.17) is 0 Å². The van der Waals surface area contributed by atoms with Crippen molar-refractivity contribution in [3.05, 3.63) is 75.2 Å². The maximum atomic E-state index is 12.3. The predicted molar refractivity (Wildman–Crippen MR) is 111 cm³/mol. The van der Waals surface area contributed by atoms with Crippen molar-refractivity contribution < 1.29 is 9.72 Å². The number of amidine groups is 1. The smallest absolute Gasteiger partial charge is 0.286 e. The average molecular weight is 394 g/mol. The van der Waals surface area contributed by atoms with E-state index in [0.29, 0.717) is 4.91 Å². The molecule has 0 spiro atoms. The third-order valence-electron chi connectivity index (χ3n) is 4.68. The summed E-state index contributed by atoms with van der Waals surface area (Å²) in [4.78, 5) is 31.8. The Morgan fingerprint density at radius 2 is 1.61 bits per heavy atom. The van der Waals surface area contributed by atoms with Crippen LogP contribution in [0.4, 0.5) is 11.4 Å². The van der Waals surface area contributed by atoms with Gasteiger partial charge in [0.2, 0.25) is 0 Å². The zero-order valence-electron chi connectivity index (χ0n) is 15.0. The van der Waals surface area contributed by atoms with Crippen LogP contribution in [0.15, 0.2) is 64.5 Å². The molecule has 1 saturated heterocycles. The van der Waals surface area contributed by atoms with Gasteiger partial charge in [-0.2, -0.15) is 4.99 Å². The standard InChI is InChI=1S/C20H18N4O3S/c25-19-18(14-15-6-8-17(9-7-15)24(26)27)28-20(21-19)23-12-10-22(11-13-23)16-4-2-1-3-5-16/h1-9,14H,10-13H2. The maximum Gasteiger partial charge on any atom is 0.286 e. The van der Waals surface area contributed by atoms with E-state index in [0.717, 1.165) is 36.9 Å². The Hall–Kier alpha value is -3.13. The fourth-order valence-corrected chi connectivity index (χ4v) is 4.14. The number of carbonyl (C=O) groups excluding carboxylic acids is 1. The summed E-state index contributed by atoms with van der Waals surface area (Å²) in [5.41, 5.74) is 1.98. The van der Waals surface area contributed by atoms with Crippen LogP contribution < -0.4 is 4.90 Å². The second-order valence-electron chi connectivity index (χ2n) is 6.47. The van der Waals surface area contributed by atoms with Gasteiger partial charge in [0.05, 0.1) is 9.83 Å². The quantitative estimate of drug-likeness (QED) is 0.451. The van der Waals surface area contributed by atoms with E-state index < -0.39 is 4.92 Å². The van der Waals surface area contributed by atoms with Crippen LogP contribution in [0.2, 0.25) is 0 Å². The van der Waals surface area contributed by atoms with Gasteiger partial charge in [0.15, 0.2) is 5.17 Å². The lowest BCUT2D eigenvalue weighted by Gasteiger charge is -2.36. The zero-order chi connectivity index (χ0) is 19.5. The second-order valence-corrected chi connectivity index (χ2v) is 7.48. The van der Waals surface area contributed by atoms with E-state index in [-0.39, 0.29) is 11.6 Å². The number of carbonyl (C=O) groups is 1. The van der Waals surface area contributed by atoms with Crippen molar-refractivity contribution in [2.75, 3.05) is 31.1 Å². The molecule has 8 heteroatoms.